The van der Waals surface area contributed by atoms with Crippen LogP contribution in [0, 0.1) is 23.2 Å². The van der Waals surface area contributed by atoms with Crippen LogP contribution in [0.2, 0.25) is 0 Å². The zero-order valence-corrected chi connectivity index (χ0v) is 13.8. The predicted octanol–water partition coefficient (Wildman–Crippen LogP) is 3.18. The number of amides is 1. The third-order valence-corrected chi connectivity index (χ3v) is 6.51. The lowest BCUT2D eigenvalue weighted by Gasteiger charge is -2.45. The Hall–Kier alpha value is -0.570. The van der Waals surface area contributed by atoms with Crippen LogP contribution in [0.1, 0.15) is 65.2 Å². The first kappa shape index (κ1) is 15.3. The fraction of sp³-hybridized carbons (Fsp3) is 0.944. The zero-order valence-electron chi connectivity index (χ0n) is 13.8. The molecule has 4 unspecified atom stereocenters. The lowest BCUT2D eigenvalue weighted by atomic mass is 9.67. The highest BCUT2D eigenvalue weighted by Crippen LogP contribution is 2.43. The number of hydrogen-bond acceptors (Lipinski definition) is 2. The van der Waals surface area contributed by atoms with Crippen molar-refractivity contribution in [2.24, 2.45) is 28.9 Å². The van der Waals surface area contributed by atoms with Crippen LogP contribution in [0.3, 0.4) is 0 Å². The smallest absolute Gasteiger partial charge is 0.225 e. The highest BCUT2D eigenvalue weighted by atomic mass is 16.2. The first-order valence-electron chi connectivity index (χ1n) is 9.02. The lowest BCUT2D eigenvalue weighted by Crippen LogP contribution is -2.55. The molecule has 120 valence electrons. The molecule has 4 atom stereocenters. The third kappa shape index (κ3) is 3.13. The van der Waals surface area contributed by atoms with Crippen LogP contribution in [0.5, 0.6) is 0 Å². The highest BCUT2D eigenvalue weighted by Gasteiger charge is 2.40. The summed E-state index contributed by atoms with van der Waals surface area (Å²) in [4.78, 5) is 15.0. The van der Waals surface area contributed by atoms with E-state index in [1.807, 2.05) is 0 Å². The maximum atomic E-state index is 12.9. The van der Waals surface area contributed by atoms with Crippen LogP contribution in [-0.2, 0) is 4.79 Å². The minimum atomic E-state index is 0.0654. The number of likely N-dealkylation sites (tertiary alicyclic amines) is 1. The Kier molecular flexibility index (Phi) is 4.31. The van der Waals surface area contributed by atoms with Crippen molar-refractivity contribution in [3.05, 3.63) is 0 Å². The van der Waals surface area contributed by atoms with E-state index in [1.165, 1.54) is 32.1 Å². The summed E-state index contributed by atoms with van der Waals surface area (Å²) in [6.07, 6.45) is 10.1. The van der Waals surface area contributed by atoms with Crippen molar-refractivity contribution in [2.45, 2.75) is 71.3 Å². The average Bonchev–Trinajstić information content (AvgIpc) is 2.48. The van der Waals surface area contributed by atoms with Crippen molar-refractivity contribution in [2.75, 3.05) is 13.1 Å². The van der Waals surface area contributed by atoms with Gasteiger partial charge >= 0.3 is 0 Å². The van der Waals surface area contributed by atoms with E-state index in [9.17, 15) is 4.79 Å². The van der Waals surface area contributed by atoms with Gasteiger partial charge in [0, 0.05) is 25.0 Å². The number of nitrogens with two attached hydrogens (primary N) is 1. The summed E-state index contributed by atoms with van der Waals surface area (Å²) >= 11 is 0. The quantitative estimate of drug-likeness (QED) is 0.807. The van der Waals surface area contributed by atoms with E-state index in [1.54, 1.807) is 0 Å². The molecule has 0 aromatic rings. The van der Waals surface area contributed by atoms with Gasteiger partial charge in [-0.2, -0.15) is 0 Å². The number of fused-ring (bicyclic) bond motifs is 1. The van der Waals surface area contributed by atoms with Gasteiger partial charge in [0.1, 0.15) is 0 Å². The largest absolute Gasteiger partial charge is 0.342 e. The Morgan fingerprint density at radius 1 is 1.05 bits per heavy atom. The van der Waals surface area contributed by atoms with E-state index in [-0.39, 0.29) is 11.5 Å². The van der Waals surface area contributed by atoms with Gasteiger partial charge in [-0.3, -0.25) is 4.79 Å². The molecule has 3 fully saturated rings. The molecule has 21 heavy (non-hydrogen) atoms. The number of piperidine rings is 1. The average molecular weight is 292 g/mol. The van der Waals surface area contributed by atoms with Gasteiger partial charge in [-0.05, 0) is 42.9 Å². The summed E-state index contributed by atoms with van der Waals surface area (Å²) in [7, 11) is 0. The molecule has 0 aromatic heterocycles. The summed E-state index contributed by atoms with van der Waals surface area (Å²) in [6.45, 7) is 6.12. The van der Waals surface area contributed by atoms with Gasteiger partial charge in [-0.1, -0.05) is 39.5 Å². The second-order valence-electron chi connectivity index (χ2n) is 8.46. The normalized spacial score (nSPS) is 39.7. The maximum Gasteiger partial charge on any atom is 0.225 e. The van der Waals surface area contributed by atoms with Crippen LogP contribution in [0.4, 0.5) is 0 Å². The van der Waals surface area contributed by atoms with Gasteiger partial charge in [0.05, 0.1) is 0 Å². The molecule has 1 aliphatic heterocycles. The standard InChI is InChI=1S/C18H32N2O/c1-18(2)12-20(10-9-16(18)19)17(21)15-8-7-13-5-3-4-6-14(13)11-15/h13-16H,3-12,19H2,1-2H3. The van der Waals surface area contributed by atoms with Crippen LogP contribution in [0.15, 0.2) is 0 Å². The molecule has 1 saturated heterocycles. The fourth-order valence-corrected chi connectivity index (χ4v) is 4.92. The Labute approximate surface area is 129 Å². The van der Waals surface area contributed by atoms with Crippen molar-refractivity contribution >= 4 is 5.91 Å². The first-order valence-corrected chi connectivity index (χ1v) is 9.02. The number of nitrogens with zero attached hydrogens (tertiary/aromatic N) is 1. The summed E-state index contributed by atoms with van der Waals surface area (Å²) < 4.78 is 0. The number of hydrogen-bond donors (Lipinski definition) is 1. The maximum absolute atomic E-state index is 12.9. The third-order valence-electron chi connectivity index (χ3n) is 6.51. The highest BCUT2D eigenvalue weighted by molar-refractivity contribution is 5.79. The van der Waals surface area contributed by atoms with Crippen molar-refractivity contribution in [3.63, 3.8) is 0 Å². The van der Waals surface area contributed by atoms with Crippen LogP contribution < -0.4 is 5.73 Å². The zero-order chi connectivity index (χ0) is 15.0. The molecule has 3 heteroatoms. The molecule has 1 amide bonds. The molecular weight excluding hydrogens is 260 g/mol. The summed E-state index contributed by atoms with van der Waals surface area (Å²) in [5.74, 6) is 2.49. The van der Waals surface area contributed by atoms with Crippen molar-refractivity contribution in [3.8, 4) is 0 Å². The van der Waals surface area contributed by atoms with Gasteiger partial charge < -0.3 is 10.6 Å². The van der Waals surface area contributed by atoms with E-state index in [4.69, 9.17) is 5.73 Å². The Morgan fingerprint density at radius 3 is 2.48 bits per heavy atom. The van der Waals surface area contributed by atoms with Crippen LogP contribution in [0.25, 0.3) is 0 Å². The molecule has 1 heterocycles. The SMILES string of the molecule is CC1(C)CN(C(=O)C2CCC3CCCCC3C2)CCC1N. The van der Waals surface area contributed by atoms with Gasteiger partial charge in [0.25, 0.3) is 0 Å². The molecule has 0 bridgehead atoms. The van der Waals surface area contributed by atoms with Gasteiger partial charge in [0.2, 0.25) is 5.91 Å². The predicted molar refractivity (Wildman–Crippen MR) is 85.7 cm³/mol. The van der Waals surface area contributed by atoms with E-state index in [0.29, 0.717) is 11.8 Å². The van der Waals surface area contributed by atoms with Crippen LogP contribution >= 0.6 is 0 Å². The van der Waals surface area contributed by atoms with Crippen molar-refractivity contribution in [1.29, 1.82) is 0 Å². The molecule has 3 rings (SSSR count). The minimum absolute atomic E-state index is 0.0654. The fourth-order valence-electron chi connectivity index (χ4n) is 4.92. The summed E-state index contributed by atoms with van der Waals surface area (Å²) in [6, 6.07) is 0.232. The second-order valence-corrected chi connectivity index (χ2v) is 8.46. The van der Waals surface area contributed by atoms with E-state index >= 15 is 0 Å². The van der Waals surface area contributed by atoms with E-state index < -0.39 is 0 Å². The number of carbonyl (C=O) groups is 1. The van der Waals surface area contributed by atoms with E-state index in [2.05, 4.69) is 18.7 Å². The molecule has 0 aromatic carbocycles. The first-order chi connectivity index (χ1) is 9.97. The molecule has 2 aliphatic carbocycles. The van der Waals surface area contributed by atoms with Gasteiger partial charge in [-0.25, -0.2) is 0 Å². The Bertz CT molecular complexity index is 393. The molecular formula is C18H32N2O. The molecule has 2 saturated carbocycles. The minimum Gasteiger partial charge on any atom is -0.342 e. The second kappa shape index (κ2) is 5.91. The van der Waals surface area contributed by atoms with Crippen molar-refractivity contribution < 1.29 is 4.79 Å². The molecule has 0 spiro atoms. The number of rotatable bonds is 1. The van der Waals surface area contributed by atoms with Gasteiger partial charge in [0.15, 0.2) is 0 Å². The Balaban J connectivity index is 1.60. The van der Waals surface area contributed by atoms with E-state index in [0.717, 1.165) is 44.2 Å². The molecule has 3 aliphatic rings. The lowest BCUT2D eigenvalue weighted by molar-refractivity contribution is -0.141. The van der Waals surface area contributed by atoms with Crippen LogP contribution in [-0.4, -0.2) is 29.9 Å². The monoisotopic (exact) mass is 292 g/mol. The van der Waals surface area contributed by atoms with Gasteiger partial charge in [-0.15, -0.1) is 0 Å². The number of carbonyl (C=O) groups excluding carboxylic acids is 1. The summed E-state index contributed by atoms with van der Waals surface area (Å²) in [5.41, 5.74) is 6.27. The molecule has 0 radical (unpaired) electrons. The Morgan fingerprint density at radius 2 is 1.76 bits per heavy atom. The molecule has 2 N–H and O–H groups in total. The summed E-state index contributed by atoms with van der Waals surface area (Å²) in [5, 5.41) is 0. The molecule has 3 nitrogen and oxygen atoms in total. The topological polar surface area (TPSA) is 46.3 Å². The van der Waals surface area contributed by atoms with Crippen molar-refractivity contribution in [1.82, 2.24) is 4.90 Å².